The fraction of sp³-hybridized carbons (Fsp3) is 0.0952. The molecule has 1 atom stereocenters. The number of ether oxygens (including phenoxy) is 1. The third-order valence-corrected chi connectivity index (χ3v) is 6.56. The molecule has 0 unspecified atom stereocenters. The average Bonchev–Trinajstić information content (AvgIpc) is 3.08. The van der Waals surface area contributed by atoms with Gasteiger partial charge in [-0.15, -0.1) is 11.8 Å². The van der Waals surface area contributed by atoms with Crippen LogP contribution >= 0.6 is 46.6 Å². The van der Waals surface area contributed by atoms with Crippen LogP contribution in [0.4, 0.5) is 5.69 Å². The summed E-state index contributed by atoms with van der Waals surface area (Å²) in [6.45, 7) is 0. The lowest BCUT2D eigenvalue weighted by Gasteiger charge is -2.25. The number of rotatable bonds is 4. The van der Waals surface area contributed by atoms with E-state index < -0.39 is 0 Å². The number of thioether (sulfide) groups is 1. The van der Waals surface area contributed by atoms with Gasteiger partial charge in [-0.25, -0.2) is 0 Å². The lowest BCUT2D eigenvalue weighted by molar-refractivity contribution is -0.115. The van der Waals surface area contributed by atoms with Crippen molar-refractivity contribution < 1.29 is 9.53 Å². The number of hydrogen-bond donors (Lipinski definition) is 0. The Labute approximate surface area is 182 Å². The van der Waals surface area contributed by atoms with Crippen molar-refractivity contribution in [2.24, 2.45) is 0 Å². The first-order valence-electron chi connectivity index (χ1n) is 8.44. The highest BCUT2D eigenvalue weighted by Gasteiger charge is 2.35. The van der Waals surface area contributed by atoms with Gasteiger partial charge in [0.05, 0.1) is 15.8 Å². The minimum absolute atomic E-state index is 0.0254. The van der Waals surface area contributed by atoms with Crippen LogP contribution in [0, 0.1) is 0 Å². The fourth-order valence-corrected chi connectivity index (χ4v) is 4.76. The Morgan fingerprint density at radius 1 is 0.893 bits per heavy atom. The summed E-state index contributed by atoms with van der Waals surface area (Å²) in [7, 11) is 0. The highest BCUT2D eigenvalue weighted by molar-refractivity contribution is 8.00. The number of amides is 1. The Bertz CT molecular complexity index is 1010. The van der Waals surface area contributed by atoms with Crippen molar-refractivity contribution in [3.63, 3.8) is 0 Å². The quantitative estimate of drug-likeness (QED) is 0.420. The highest BCUT2D eigenvalue weighted by Crippen LogP contribution is 2.45. The Hall–Kier alpha value is -1.85. The molecule has 7 heteroatoms. The summed E-state index contributed by atoms with van der Waals surface area (Å²) in [5.41, 5.74) is 1.60. The molecule has 1 saturated heterocycles. The zero-order valence-corrected chi connectivity index (χ0v) is 17.5. The van der Waals surface area contributed by atoms with E-state index in [1.54, 1.807) is 35.2 Å². The number of carbonyl (C=O) groups excluding carboxylic acids is 1. The van der Waals surface area contributed by atoms with E-state index in [0.29, 0.717) is 32.3 Å². The molecule has 1 heterocycles. The summed E-state index contributed by atoms with van der Waals surface area (Å²) < 4.78 is 5.82. The van der Waals surface area contributed by atoms with Gasteiger partial charge in [0, 0.05) is 16.3 Å². The van der Waals surface area contributed by atoms with E-state index in [-0.39, 0.29) is 11.3 Å². The Morgan fingerprint density at radius 3 is 2.21 bits per heavy atom. The fourth-order valence-electron chi connectivity index (χ4n) is 2.96. The lowest BCUT2D eigenvalue weighted by Crippen LogP contribution is -2.27. The van der Waals surface area contributed by atoms with Crippen LogP contribution in [0.1, 0.15) is 10.9 Å². The summed E-state index contributed by atoms with van der Waals surface area (Å²) >= 11 is 20.0. The topological polar surface area (TPSA) is 29.5 Å². The summed E-state index contributed by atoms with van der Waals surface area (Å²) in [6.07, 6.45) is 0. The van der Waals surface area contributed by atoms with E-state index in [1.165, 1.54) is 11.8 Å². The van der Waals surface area contributed by atoms with E-state index in [0.717, 1.165) is 11.3 Å². The number of carbonyl (C=O) groups is 1. The molecule has 1 fully saturated rings. The maximum absolute atomic E-state index is 12.5. The molecule has 1 aliphatic heterocycles. The van der Waals surface area contributed by atoms with E-state index in [2.05, 4.69) is 0 Å². The Morgan fingerprint density at radius 2 is 1.54 bits per heavy atom. The van der Waals surface area contributed by atoms with Gasteiger partial charge in [-0.05, 0) is 54.6 Å². The van der Waals surface area contributed by atoms with Crippen LogP contribution in [0.15, 0.2) is 66.7 Å². The van der Waals surface area contributed by atoms with Crippen molar-refractivity contribution in [2.75, 3.05) is 10.7 Å². The van der Waals surface area contributed by atoms with Gasteiger partial charge in [-0.2, -0.15) is 0 Å². The van der Waals surface area contributed by atoms with Crippen molar-refractivity contribution in [3.05, 3.63) is 87.4 Å². The second-order valence-electron chi connectivity index (χ2n) is 6.12. The molecule has 1 amide bonds. The van der Waals surface area contributed by atoms with Crippen LogP contribution in [0.2, 0.25) is 15.1 Å². The van der Waals surface area contributed by atoms with Crippen molar-refractivity contribution in [3.8, 4) is 11.5 Å². The molecule has 142 valence electrons. The monoisotopic (exact) mass is 449 g/mol. The van der Waals surface area contributed by atoms with Crippen LogP contribution in [-0.4, -0.2) is 11.7 Å². The van der Waals surface area contributed by atoms with Crippen LogP contribution in [0.3, 0.4) is 0 Å². The van der Waals surface area contributed by atoms with E-state index in [4.69, 9.17) is 39.5 Å². The van der Waals surface area contributed by atoms with E-state index in [1.807, 2.05) is 36.4 Å². The van der Waals surface area contributed by atoms with Crippen LogP contribution in [0.5, 0.6) is 11.5 Å². The molecule has 28 heavy (non-hydrogen) atoms. The van der Waals surface area contributed by atoms with Gasteiger partial charge in [0.15, 0.2) is 0 Å². The zero-order chi connectivity index (χ0) is 19.7. The van der Waals surface area contributed by atoms with Gasteiger partial charge in [0.25, 0.3) is 0 Å². The molecular formula is C21H14Cl3NO2S. The summed E-state index contributed by atoms with van der Waals surface area (Å²) in [4.78, 5) is 14.3. The van der Waals surface area contributed by atoms with Gasteiger partial charge in [-0.3, -0.25) is 9.69 Å². The minimum atomic E-state index is -0.221. The first kappa shape index (κ1) is 19.5. The Balaban J connectivity index is 1.59. The third-order valence-electron chi connectivity index (χ3n) is 4.28. The van der Waals surface area contributed by atoms with Crippen molar-refractivity contribution >= 4 is 58.2 Å². The number of halogens is 3. The van der Waals surface area contributed by atoms with E-state index >= 15 is 0 Å². The van der Waals surface area contributed by atoms with Crippen molar-refractivity contribution in [1.29, 1.82) is 0 Å². The molecule has 3 aromatic carbocycles. The normalized spacial score (nSPS) is 16.5. The van der Waals surface area contributed by atoms with Gasteiger partial charge in [0.2, 0.25) is 5.91 Å². The molecule has 0 N–H and O–H groups in total. The molecule has 1 aliphatic rings. The van der Waals surface area contributed by atoms with Gasteiger partial charge < -0.3 is 4.74 Å². The first-order chi connectivity index (χ1) is 13.5. The maximum atomic E-state index is 12.5. The molecule has 4 rings (SSSR count). The largest absolute Gasteiger partial charge is 0.457 e. The summed E-state index contributed by atoms with van der Waals surface area (Å²) in [6, 6.07) is 20.0. The smallest absolute Gasteiger partial charge is 0.238 e. The molecule has 0 bridgehead atoms. The predicted octanol–water partition coefficient (Wildman–Crippen LogP) is 7.22. The third kappa shape index (κ3) is 3.96. The lowest BCUT2D eigenvalue weighted by atomic mass is 10.2. The zero-order valence-electron chi connectivity index (χ0n) is 14.4. The standard InChI is InChI=1S/C21H14Cl3NO2S/c22-13-4-8-15(9-5-13)27-16-10-6-14(7-11-16)25-19(26)12-28-21(25)17-2-1-3-18(23)20(17)24/h1-11,21H,12H2/t21-/m1/s1. The first-order valence-corrected chi connectivity index (χ1v) is 10.6. The van der Waals surface area contributed by atoms with Gasteiger partial charge in [0.1, 0.15) is 16.9 Å². The summed E-state index contributed by atoms with van der Waals surface area (Å²) in [5.74, 6) is 1.77. The second-order valence-corrected chi connectivity index (χ2v) is 8.41. The van der Waals surface area contributed by atoms with Crippen LogP contribution in [0.25, 0.3) is 0 Å². The Kier molecular flexibility index (Phi) is 5.74. The number of nitrogens with zero attached hydrogens (tertiary/aromatic N) is 1. The molecule has 0 radical (unpaired) electrons. The second kappa shape index (κ2) is 8.26. The van der Waals surface area contributed by atoms with Gasteiger partial charge >= 0.3 is 0 Å². The molecular weight excluding hydrogens is 437 g/mol. The van der Waals surface area contributed by atoms with Crippen LogP contribution in [-0.2, 0) is 4.79 Å². The predicted molar refractivity (Wildman–Crippen MR) is 117 cm³/mol. The van der Waals surface area contributed by atoms with Crippen molar-refractivity contribution in [2.45, 2.75) is 5.37 Å². The van der Waals surface area contributed by atoms with Gasteiger partial charge in [-0.1, -0.05) is 46.9 Å². The number of hydrogen-bond acceptors (Lipinski definition) is 3. The molecule has 0 spiro atoms. The molecule has 0 aliphatic carbocycles. The molecule has 0 aromatic heterocycles. The average molecular weight is 451 g/mol. The molecule has 3 aromatic rings. The maximum Gasteiger partial charge on any atom is 0.238 e. The summed E-state index contributed by atoms with van der Waals surface area (Å²) in [5, 5.41) is 1.38. The number of anilines is 1. The van der Waals surface area contributed by atoms with Crippen LogP contribution < -0.4 is 9.64 Å². The molecule has 0 saturated carbocycles. The highest BCUT2D eigenvalue weighted by atomic mass is 35.5. The van der Waals surface area contributed by atoms with Crippen molar-refractivity contribution in [1.82, 2.24) is 0 Å². The number of benzene rings is 3. The molecule has 3 nitrogen and oxygen atoms in total. The SMILES string of the molecule is O=C1CS[C@H](c2cccc(Cl)c2Cl)N1c1ccc(Oc2ccc(Cl)cc2)cc1. The minimum Gasteiger partial charge on any atom is -0.457 e. The van der Waals surface area contributed by atoms with E-state index in [9.17, 15) is 4.79 Å².